The third-order valence-electron chi connectivity index (χ3n) is 9.37. The average molecular weight is 648 g/mol. The number of nitrogens with zero attached hydrogens (tertiary/aromatic N) is 3. The first-order valence-electron chi connectivity index (χ1n) is 15.9. The van der Waals surface area contributed by atoms with Crippen LogP contribution in [-0.4, -0.2) is 37.9 Å². The fraction of sp³-hybridized carbons (Fsp3) is 0.471. The van der Waals surface area contributed by atoms with Crippen molar-refractivity contribution in [3.8, 4) is 0 Å². The van der Waals surface area contributed by atoms with Gasteiger partial charge in [-0.2, -0.15) is 11.3 Å². The van der Waals surface area contributed by atoms with Gasteiger partial charge in [-0.1, -0.05) is 44.7 Å². The van der Waals surface area contributed by atoms with Crippen molar-refractivity contribution < 1.29 is 23.9 Å². The molecule has 1 aliphatic rings. The zero-order valence-electron chi connectivity index (χ0n) is 26.7. The Morgan fingerprint density at radius 3 is 2.63 bits per heavy atom. The summed E-state index contributed by atoms with van der Waals surface area (Å²) in [5.41, 5.74) is 1.03. The Bertz CT molecular complexity index is 1770. The number of aryl methyl sites for hydroxylation is 1. The lowest BCUT2D eigenvalue weighted by molar-refractivity contribution is -0.136. The molecule has 0 aliphatic heterocycles. The fourth-order valence-electron chi connectivity index (χ4n) is 6.42. The highest BCUT2D eigenvalue weighted by Gasteiger charge is 2.42. The first kappa shape index (κ1) is 33.1. The van der Waals surface area contributed by atoms with E-state index in [1.807, 2.05) is 17.7 Å². The number of unbranched alkanes of at least 4 members (excludes halogenated alkanes) is 1. The van der Waals surface area contributed by atoms with Crippen LogP contribution >= 0.6 is 11.3 Å². The highest BCUT2D eigenvalue weighted by atomic mass is 32.1. The molecule has 3 aromatic heterocycles. The number of fused-ring (bicyclic) bond motifs is 1. The molecule has 1 saturated carbocycles. The van der Waals surface area contributed by atoms with Crippen molar-refractivity contribution in [2.45, 2.75) is 90.6 Å². The monoisotopic (exact) mass is 647 g/mol. The molecule has 2 amide bonds. The predicted octanol–water partition coefficient (Wildman–Crippen LogP) is 6.22. The summed E-state index contributed by atoms with van der Waals surface area (Å²) in [5, 5.41) is 28.7. The molecule has 244 valence electrons. The summed E-state index contributed by atoms with van der Waals surface area (Å²) in [7, 11) is 0. The van der Waals surface area contributed by atoms with Crippen molar-refractivity contribution in [3.05, 3.63) is 74.0 Å². The number of benzene rings is 1. The van der Waals surface area contributed by atoms with Gasteiger partial charge in [0, 0.05) is 22.5 Å². The minimum absolute atomic E-state index is 0.0969. The highest BCUT2D eigenvalue weighted by molar-refractivity contribution is 7.08. The van der Waals surface area contributed by atoms with E-state index in [0.717, 1.165) is 38.5 Å². The third-order valence-corrected chi connectivity index (χ3v) is 10.1. The molecule has 5 rings (SSSR count). The Labute approximate surface area is 271 Å². The number of hydrogen-bond acceptors (Lipinski definition) is 8. The molecule has 0 bridgehead atoms. The second-order valence-electron chi connectivity index (χ2n) is 12.6. The van der Waals surface area contributed by atoms with Crippen LogP contribution in [0.3, 0.4) is 0 Å². The number of aliphatic carboxylic acids is 1. The lowest BCUT2D eigenvalue weighted by Crippen LogP contribution is -2.50. The SMILES string of the molecule is CCCC[C@@H](C(=O)Nc1ccc2c(C)c(CC(=O)O)c(=O)oc2c1)n1cc([C@@](C)(NC(=O)c2ccsc2)C2CCC(C)CC2)nn1. The third kappa shape index (κ3) is 7.06. The number of amides is 2. The van der Waals surface area contributed by atoms with E-state index in [1.54, 1.807) is 42.1 Å². The van der Waals surface area contributed by atoms with Gasteiger partial charge >= 0.3 is 11.6 Å². The van der Waals surface area contributed by atoms with Gasteiger partial charge < -0.3 is 20.2 Å². The maximum Gasteiger partial charge on any atom is 0.340 e. The van der Waals surface area contributed by atoms with Crippen LogP contribution in [0.5, 0.6) is 0 Å². The van der Waals surface area contributed by atoms with Gasteiger partial charge in [0.1, 0.15) is 17.3 Å². The molecule has 4 aromatic rings. The van der Waals surface area contributed by atoms with E-state index >= 15 is 0 Å². The van der Waals surface area contributed by atoms with Crippen molar-refractivity contribution in [2.75, 3.05) is 5.32 Å². The number of anilines is 1. The number of rotatable bonds is 12. The Morgan fingerprint density at radius 1 is 1.20 bits per heavy atom. The lowest BCUT2D eigenvalue weighted by Gasteiger charge is -2.40. The number of carboxylic acids is 1. The molecular formula is C34H41N5O6S. The highest BCUT2D eigenvalue weighted by Crippen LogP contribution is 2.41. The molecule has 0 unspecified atom stereocenters. The second-order valence-corrected chi connectivity index (χ2v) is 13.4. The molecule has 3 N–H and O–H groups in total. The minimum Gasteiger partial charge on any atom is -0.481 e. The number of carbonyl (C=O) groups is 3. The van der Waals surface area contributed by atoms with Crippen LogP contribution in [-0.2, 0) is 21.5 Å². The fourth-order valence-corrected chi connectivity index (χ4v) is 7.05. The number of thiophene rings is 1. The van der Waals surface area contributed by atoms with Crippen molar-refractivity contribution >= 4 is 45.8 Å². The van der Waals surface area contributed by atoms with E-state index in [9.17, 15) is 24.3 Å². The largest absolute Gasteiger partial charge is 0.481 e. The standard InChI is InChI=1S/C34H41N5O6S/c1-5-6-7-27(32(43)35-24-12-13-25-21(3)26(17-30(40)41)33(44)45-28(25)16-24)39-18-29(37-38-39)34(4,23-10-8-20(2)9-11-23)36-31(42)22-14-15-46-19-22/h12-16,18-20,23,27H,5-11,17H2,1-4H3,(H,35,43)(H,36,42)(H,40,41)/t20?,23?,27-,34-/m0/s1. The Morgan fingerprint density at radius 2 is 1.96 bits per heavy atom. The first-order chi connectivity index (χ1) is 22.0. The summed E-state index contributed by atoms with van der Waals surface area (Å²) >= 11 is 1.47. The maximum atomic E-state index is 13.8. The summed E-state index contributed by atoms with van der Waals surface area (Å²) < 4.78 is 7.03. The Kier molecular flexibility index (Phi) is 10.0. The van der Waals surface area contributed by atoms with Crippen LogP contribution in [0.1, 0.15) is 98.9 Å². The topological polar surface area (TPSA) is 156 Å². The number of carboxylic acid groups (broad SMARTS) is 1. The van der Waals surface area contributed by atoms with Gasteiger partial charge in [0.25, 0.3) is 5.91 Å². The Hall–Kier alpha value is -4.32. The van der Waals surface area contributed by atoms with Crippen molar-refractivity contribution in [2.24, 2.45) is 11.8 Å². The van der Waals surface area contributed by atoms with E-state index < -0.39 is 29.6 Å². The Balaban J connectivity index is 1.42. The summed E-state index contributed by atoms with van der Waals surface area (Å²) in [6.07, 6.45) is 7.55. The quantitative estimate of drug-likeness (QED) is 0.153. The van der Waals surface area contributed by atoms with Gasteiger partial charge in [0.05, 0.1) is 29.3 Å². The average Bonchev–Trinajstić information content (AvgIpc) is 3.73. The zero-order valence-corrected chi connectivity index (χ0v) is 27.5. The molecule has 11 nitrogen and oxygen atoms in total. The molecule has 12 heteroatoms. The van der Waals surface area contributed by atoms with Gasteiger partial charge in [0.2, 0.25) is 5.91 Å². The first-order valence-corrected chi connectivity index (χ1v) is 16.8. The summed E-state index contributed by atoms with van der Waals surface area (Å²) in [5.74, 6) is -0.797. The van der Waals surface area contributed by atoms with Crippen LogP contribution < -0.4 is 16.3 Å². The lowest BCUT2D eigenvalue weighted by atomic mass is 9.71. The van der Waals surface area contributed by atoms with Crippen molar-refractivity contribution in [3.63, 3.8) is 0 Å². The number of hydrogen-bond donors (Lipinski definition) is 3. The van der Waals surface area contributed by atoms with Crippen LogP contribution in [0.2, 0.25) is 0 Å². The second kappa shape index (κ2) is 14.0. The summed E-state index contributed by atoms with van der Waals surface area (Å²) in [6, 6.07) is 6.10. The molecule has 1 aliphatic carbocycles. The van der Waals surface area contributed by atoms with Crippen LogP contribution in [0, 0.1) is 18.8 Å². The zero-order chi connectivity index (χ0) is 33.0. The molecule has 46 heavy (non-hydrogen) atoms. The van der Waals surface area contributed by atoms with E-state index in [4.69, 9.17) is 4.42 Å². The van der Waals surface area contributed by atoms with Crippen LogP contribution in [0.25, 0.3) is 11.0 Å². The van der Waals surface area contributed by atoms with Crippen LogP contribution in [0.15, 0.2) is 50.4 Å². The van der Waals surface area contributed by atoms with Gasteiger partial charge in [0.15, 0.2) is 0 Å². The minimum atomic E-state index is -1.12. The molecule has 0 radical (unpaired) electrons. The molecular weight excluding hydrogens is 606 g/mol. The molecule has 2 atom stereocenters. The number of nitrogens with one attached hydrogen (secondary N) is 2. The van der Waals surface area contributed by atoms with Crippen LogP contribution in [0.4, 0.5) is 5.69 Å². The van der Waals surface area contributed by atoms with E-state index in [2.05, 4.69) is 34.8 Å². The molecule has 3 heterocycles. The molecule has 1 aromatic carbocycles. The molecule has 1 fully saturated rings. The summed E-state index contributed by atoms with van der Waals surface area (Å²) in [6.45, 7) is 8.00. The summed E-state index contributed by atoms with van der Waals surface area (Å²) in [4.78, 5) is 50.8. The number of carbonyl (C=O) groups excluding carboxylic acids is 2. The maximum absolute atomic E-state index is 13.8. The molecule has 0 saturated heterocycles. The van der Waals surface area contributed by atoms with Gasteiger partial charge in [-0.15, -0.1) is 5.10 Å². The van der Waals surface area contributed by atoms with Gasteiger partial charge in [-0.25, -0.2) is 9.48 Å². The van der Waals surface area contributed by atoms with Gasteiger partial charge in [-0.3, -0.25) is 14.4 Å². The van der Waals surface area contributed by atoms with E-state index in [1.165, 1.54) is 11.3 Å². The van der Waals surface area contributed by atoms with E-state index in [0.29, 0.717) is 40.2 Å². The molecule has 0 spiro atoms. The predicted molar refractivity (Wildman–Crippen MR) is 176 cm³/mol. The smallest absolute Gasteiger partial charge is 0.340 e. The van der Waals surface area contributed by atoms with Crippen molar-refractivity contribution in [1.29, 1.82) is 0 Å². The van der Waals surface area contributed by atoms with Gasteiger partial charge in [-0.05, 0) is 74.1 Å². The van der Waals surface area contributed by atoms with E-state index in [-0.39, 0.29) is 28.9 Å². The number of aromatic nitrogens is 3. The van der Waals surface area contributed by atoms with Crippen molar-refractivity contribution in [1.82, 2.24) is 20.3 Å². The normalized spacial score (nSPS) is 18.5.